The van der Waals surface area contributed by atoms with Crippen LogP contribution in [0.4, 0.5) is 25.8 Å². The van der Waals surface area contributed by atoms with E-state index in [4.69, 9.17) is 15.9 Å². The monoisotopic (exact) mass is 563 g/mol. The number of nitrogen functional groups attached to an aromatic ring is 1. The standard InChI is InChI=1S/C31H35F2N5O3/c32-21-14-20(15-22(33)17-21)13-19-1-4-28(34)27(16-19)30(35)37-31(40)26-3-2-24(38-9-5-25(39)6-10-38)18-29(26)36-23-7-11-41-12-8-23/h1-4,14-18,23,25,36,39H,5-13,34H2,(H2,35,37,40). The Morgan fingerprint density at radius 2 is 1.66 bits per heavy atom. The van der Waals surface area contributed by atoms with Gasteiger partial charge in [-0.3, -0.25) is 10.2 Å². The molecular formula is C31H35F2N5O3. The number of carbonyl (C=O) groups is 1. The first-order chi connectivity index (χ1) is 19.7. The summed E-state index contributed by atoms with van der Waals surface area (Å²) in [6, 6.07) is 14.1. The summed E-state index contributed by atoms with van der Waals surface area (Å²) >= 11 is 0. The topological polar surface area (TPSA) is 124 Å². The molecule has 2 saturated heterocycles. The molecule has 0 spiro atoms. The Bertz CT molecular complexity index is 1400. The van der Waals surface area contributed by atoms with E-state index < -0.39 is 17.5 Å². The fraction of sp³-hybridized carbons (Fsp3) is 0.355. The zero-order chi connectivity index (χ0) is 28.9. The summed E-state index contributed by atoms with van der Waals surface area (Å²) in [6.07, 6.45) is 2.96. The van der Waals surface area contributed by atoms with Gasteiger partial charge in [-0.05, 0) is 85.7 Å². The van der Waals surface area contributed by atoms with E-state index in [0.29, 0.717) is 59.7 Å². The van der Waals surface area contributed by atoms with Crippen molar-refractivity contribution in [2.75, 3.05) is 42.3 Å². The lowest BCUT2D eigenvalue weighted by molar-refractivity contribution is 0.0904. The number of aliphatic hydroxyl groups is 1. The molecule has 5 rings (SSSR count). The number of carbonyl (C=O) groups excluding carboxylic acids is 1. The molecule has 3 aromatic carbocycles. The van der Waals surface area contributed by atoms with Crippen LogP contribution in [0, 0.1) is 17.0 Å². The van der Waals surface area contributed by atoms with Crippen molar-refractivity contribution in [2.45, 2.75) is 44.2 Å². The summed E-state index contributed by atoms with van der Waals surface area (Å²) in [5.74, 6) is -1.96. The predicted molar refractivity (Wildman–Crippen MR) is 156 cm³/mol. The highest BCUT2D eigenvalue weighted by Crippen LogP contribution is 2.28. The van der Waals surface area contributed by atoms with Gasteiger partial charge in [0.2, 0.25) is 0 Å². The first-order valence-electron chi connectivity index (χ1n) is 13.9. The third-order valence-corrected chi connectivity index (χ3v) is 7.61. The molecular weight excluding hydrogens is 528 g/mol. The molecule has 2 aliphatic rings. The maximum Gasteiger partial charge on any atom is 0.258 e. The van der Waals surface area contributed by atoms with Crippen molar-refractivity contribution in [1.82, 2.24) is 5.32 Å². The zero-order valence-corrected chi connectivity index (χ0v) is 22.8. The van der Waals surface area contributed by atoms with E-state index in [1.54, 1.807) is 24.3 Å². The van der Waals surface area contributed by atoms with Crippen LogP contribution >= 0.6 is 0 Å². The predicted octanol–water partition coefficient (Wildman–Crippen LogP) is 4.45. The number of aliphatic hydroxyl groups excluding tert-OH is 1. The van der Waals surface area contributed by atoms with Crippen molar-refractivity contribution in [3.8, 4) is 0 Å². The number of ether oxygens (including phenoxy) is 1. The van der Waals surface area contributed by atoms with Crippen molar-refractivity contribution >= 4 is 28.8 Å². The first-order valence-corrected chi connectivity index (χ1v) is 13.9. The van der Waals surface area contributed by atoms with Gasteiger partial charge in [-0.1, -0.05) is 6.07 Å². The van der Waals surface area contributed by atoms with Crippen molar-refractivity contribution in [1.29, 1.82) is 5.41 Å². The number of amidine groups is 1. The van der Waals surface area contributed by atoms with Crippen molar-refractivity contribution in [3.63, 3.8) is 0 Å². The Kier molecular flexibility index (Phi) is 8.80. The minimum absolute atomic E-state index is 0.146. The van der Waals surface area contributed by atoms with E-state index in [2.05, 4.69) is 15.5 Å². The van der Waals surface area contributed by atoms with Gasteiger partial charge in [0.1, 0.15) is 17.5 Å². The molecule has 216 valence electrons. The largest absolute Gasteiger partial charge is 0.398 e. The van der Waals surface area contributed by atoms with E-state index in [9.17, 15) is 18.7 Å². The Labute approximate surface area is 238 Å². The molecule has 0 radical (unpaired) electrons. The summed E-state index contributed by atoms with van der Waals surface area (Å²) in [6.45, 7) is 2.74. The first kappa shape index (κ1) is 28.5. The van der Waals surface area contributed by atoms with Gasteiger partial charge in [-0.2, -0.15) is 0 Å². The second-order valence-electron chi connectivity index (χ2n) is 10.7. The molecule has 2 fully saturated rings. The maximum absolute atomic E-state index is 13.7. The Balaban J connectivity index is 1.35. The van der Waals surface area contributed by atoms with E-state index in [1.807, 2.05) is 12.1 Å². The highest BCUT2D eigenvalue weighted by atomic mass is 19.1. The highest BCUT2D eigenvalue weighted by Gasteiger charge is 2.23. The Morgan fingerprint density at radius 1 is 0.951 bits per heavy atom. The molecule has 3 aromatic rings. The second kappa shape index (κ2) is 12.7. The van der Waals surface area contributed by atoms with Crippen LogP contribution in [0.3, 0.4) is 0 Å². The lowest BCUT2D eigenvalue weighted by Crippen LogP contribution is -2.36. The average Bonchev–Trinajstić information content (AvgIpc) is 2.94. The molecule has 6 N–H and O–H groups in total. The number of hydrogen-bond donors (Lipinski definition) is 5. The van der Waals surface area contributed by atoms with E-state index in [0.717, 1.165) is 37.7 Å². The smallest absolute Gasteiger partial charge is 0.258 e. The molecule has 2 heterocycles. The van der Waals surface area contributed by atoms with Crippen molar-refractivity contribution in [2.24, 2.45) is 0 Å². The van der Waals surface area contributed by atoms with Gasteiger partial charge in [-0.25, -0.2) is 8.78 Å². The number of nitrogens with zero attached hydrogens (tertiary/aromatic N) is 1. The quantitative estimate of drug-likeness (QED) is 0.165. The normalized spacial score (nSPS) is 16.4. The Hall–Kier alpha value is -4.02. The second-order valence-corrected chi connectivity index (χ2v) is 10.7. The van der Waals surface area contributed by atoms with Gasteiger partial charge in [0.05, 0.1) is 11.7 Å². The molecule has 0 aliphatic carbocycles. The molecule has 2 aliphatic heterocycles. The van der Waals surface area contributed by atoms with Gasteiger partial charge in [0.25, 0.3) is 5.91 Å². The summed E-state index contributed by atoms with van der Waals surface area (Å²) in [4.78, 5) is 15.7. The molecule has 10 heteroatoms. The van der Waals surface area contributed by atoms with E-state index in [1.165, 1.54) is 12.1 Å². The minimum atomic E-state index is -0.662. The van der Waals surface area contributed by atoms with Crippen LogP contribution in [0.1, 0.15) is 52.7 Å². The molecule has 8 nitrogen and oxygen atoms in total. The summed E-state index contributed by atoms with van der Waals surface area (Å²) in [5.41, 5.74) is 9.93. The summed E-state index contributed by atoms with van der Waals surface area (Å²) in [5, 5.41) is 24.7. The lowest BCUT2D eigenvalue weighted by Gasteiger charge is -2.32. The fourth-order valence-corrected chi connectivity index (χ4v) is 5.36. The highest BCUT2D eigenvalue weighted by molar-refractivity contribution is 6.15. The van der Waals surface area contributed by atoms with Crippen LogP contribution in [0.5, 0.6) is 0 Å². The molecule has 0 atom stereocenters. The van der Waals surface area contributed by atoms with Crippen LogP contribution in [-0.4, -0.2) is 55.3 Å². The van der Waals surface area contributed by atoms with Crippen LogP contribution in [0.2, 0.25) is 0 Å². The molecule has 41 heavy (non-hydrogen) atoms. The number of amides is 1. The van der Waals surface area contributed by atoms with E-state index in [-0.39, 0.29) is 24.4 Å². The SMILES string of the molecule is N=C(NC(=O)c1ccc(N2CCC(O)CC2)cc1NC1CCOCC1)c1cc(Cc2cc(F)cc(F)c2)ccc1N. The number of benzene rings is 3. The summed E-state index contributed by atoms with van der Waals surface area (Å²) < 4.78 is 32.8. The van der Waals surface area contributed by atoms with Crippen LogP contribution in [0.25, 0.3) is 0 Å². The number of halogens is 2. The van der Waals surface area contributed by atoms with Crippen LogP contribution in [-0.2, 0) is 11.2 Å². The van der Waals surface area contributed by atoms with Gasteiger partial charge in [-0.15, -0.1) is 0 Å². The van der Waals surface area contributed by atoms with Crippen LogP contribution < -0.4 is 21.3 Å². The minimum Gasteiger partial charge on any atom is -0.398 e. The maximum atomic E-state index is 13.7. The van der Waals surface area contributed by atoms with Crippen molar-refractivity contribution in [3.05, 3.63) is 88.5 Å². The Morgan fingerprint density at radius 3 is 2.37 bits per heavy atom. The molecule has 0 saturated carbocycles. The average molecular weight is 564 g/mol. The number of rotatable bonds is 7. The van der Waals surface area contributed by atoms with Crippen molar-refractivity contribution < 1.29 is 23.4 Å². The number of hydrogen-bond acceptors (Lipinski definition) is 7. The summed E-state index contributed by atoms with van der Waals surface area (Å²) in [7, 11) is 0. The number of nitrogens with one attached hydrogen (secondary N) is 3. The zero-order valence-electron chi connectivity index (χ0n) is 22.8. The molecule has 1 amide bonds. The van der Waals surface area contributed by atoms with Gasteiger partial charge in [0, 0.05) is 61.0 Å². The van der Waals surface area contributed by atoms with Gasteiger partial charge in [0.15, 0.2) is 0 Å². The third-order valence-electron chi connectivity index (χ3n) is 7.61. The third kappa shape index (κ3) is 7.20. The number of anilines is 3. The number of nitrogens with two attached hydrogens (primary N) is 1. The van der Waals surface area contributed by atoms with E-state index >= 15 is 0 Å². The van der Waals surface area contributed by atoms with Gasteiger partial charge < -0.3 is 31.1 Å². The molecule has 0 bridgehead atoms. The molecule has 0 aromatic heterocycles. The fourth-order valence-electron chi connectivity index (χ4n) is 5.36. The molecule has 0 unspecified atom stereocenters. The van der Waals surface area contributed by atoms with Crippen LogP contribution in [0.15, 0.2) is 54.6 Å². The van der Waals surface area contributed by atoms with Gasteiger partial charge >= 0.3 is 0 Å². The number of piperidine rings is 1. The lowest BCUT2D eigenvalue weighted by atomic mass is 10.0.